The van der Waals surface area contributed by atoms with Gasteiger partial charge in [-0.1, -0.05) is 118 Å². The third-order valence-corrected chi connectivity index (χ3v) is 10.9. The van der Waals surface area contributed by atoms with Crippen molar-refractivity contribution < 1.29 is 4.74 Å². The summed E-state index contributed by atoms with van der Waals surface area (Å²) in [6.45, 7) is 6.81. The summed E-state index contributed by atoms with van der Waals surface area (Å²) in [5.41, 5.74) is 1.48. The Hall–Kier alpha value is -3.10. The zero-order chi connectivity index (χ0) is 21.9. The van der Waals surface area contributed by atoms with Gasteiger partial charge in [0, 0.05) is 0 Å². The summed E-state index contributed by atoms with van der Waals surface area (Å²) in [5, 5.41) is 5.52. The maximum absolute atomic E-state index is 5.47. The molecule has 1 nitrogen and oxygen atoms in total. The van der Waals surface area contributed by atoms with E-state index in [4.69, 9.17) is 4.74 Å². The Labute approximate surface area is 187 Å². The SMILES string of the molecule is COc1ccc([Si](c2ccccc2)(c2ccccc2)c2ccc(C(C)(C)C)cc2)cc1. The summed E-state index contributed by atoms with van der Waals surface area (Å²) in [4.78, 5) is 0. The average molecular weight is 423 g/mol. The van der Waals surface area contributed by atoms with Crippen molar-refractivity contribution in [3.8, 4) is 5.75 Å². The summed E-state index contributed by atoms with van der Waals surface area (Å²) in [7, 11) is -0.752. The zero-order valence-corrected chi connectivity index (χ0v) is 19.8. The average Bonchev–Trinajstić information content (AvgIpc) is 2.81. The predicted molar refractivity (Wildman–Crippen MR) is 135 cm³/mol. The lowest BCUT2D eigenvalue weighted by Gasteiger charge is -2.35. The van der Waals surface area contributed by atoms with Crippen LogP contribution in [0.4, 0.5) is 0 Å². The third-order valence-electron chi connectivity index (χ3n) is 6.12. The lowest BCUT2D eigenvalue weighted by Crippen LogP contribution is -2.74. The van der Waals surface area contributed by atoms with Crippen LogP contribution in [0.1, 0.15) is 26.3 Å². The maximum Gasteiger partial charge on any atom is 0.179 e. The van der Waals surface area contributed by atoms with Gasteiger partial charge in [0.15, 0.2) is 8.07 Å². The Bertz CT molecular complexity index is 1070. The van der Waals surface area contributed by atoms with Gasteiger partial charge in [0.25, 0.3) is 0 Å². The topological polar surface area (TPSA) is 9.23 Å². The highest BCUT2D eigenvalue weighted by atomic mass is 28.3. The molecular weight excluding hydrogens is 392 g/mol. The van der Waals surface area contributed by atoms with Crippen molar-refractivity contribution in [2.75, 3.05) is 7.11 Å². The predicted octanol–water partition coefficient (Wildman–Crippen LogP) is 4.37. The van der Waals surface area contributed by atoms with Gasteiger partial charge in [0.05, 0.1) is 7.11 Å². The van der Waals surface area contributed by atoms with E-state index in [0.29, 0.717) is 0 Å². The van der Waals surface area contributed by atoms with E-state index < -0.39 is 8.07 Å². The van der Waals surface area contributed by atoms with Gasteiger partial charge in [0.2, 0.25) is 0 Å². The Morgan fingerprint density at radius 2 is 0.903 bits per heavy atom. The molecule has 0 radical (unpaired) electrons. The second kappa shape index (κ2) is 8.56. The molecule has 4 aromatic carbocycles. The molecule has 0 N–H and O–H groups in total. The third kappa shape index (κ3) is 3.96. The molecule has 0 unspecified atom stereocenters. The molecule has 31 heavy (non-hydrogen) atoms. The Morgan fingerprint density at radius 1 is 0.516 bits per heavy atom. The molecule has 2 heteroatoms. The minimum atomic E-state index is -2.47. The van der Waals surface area contributed by atoms with Gasteiger partial charge in [-0.25, -0.2) is 0 Å². The number of rotatable bonds is 5. The fourth-order valence-electron chi connectivity index (χ4n) is 4.44. The normalized spacial score (nSPS) is 11.9. The molecule has 0 atom stereocenters. The van der Waals surface area contributed by atoms with Crippen molar-refractivity contribution in [1.82, 2.24) is 0 Å². The van der Waals surface area contributed by atoms with Crippen molar-refractivity contribution in [2.24, 2.45) is 0 Å². The van der Waals surface area contributed by atoms with E-state index in [1.54, 1.807) is 7.11 Å². The van der Waals surface area contributed by atoms with Gasteiger partial charge in [-0.2, -0.15) is 0 Å². The molecule has 0 spiro atoms. The van der Waals surface area contributed by atoms with Crippen LogP contribution in [0.5, 0.6) is 5.75 Å². The Kier molecular flexibility index (Phi) is 5.84. The first-order chi connectivity index (χ1) is 15.0. The van der Waals surface area contributed by atoms with Crippen LogP contribution in [-0.4, -0.2) is 15.2 Å². The van der Waals surface area contributed by atoms with Crippen molar-refractivity contribution in [2.45, 2.75) is 26.2 Å². The lowest BCUT2D eigenvalue weighted by molar-refractivity contribution is 0.415. The molecule has 156 valence electrons. The van der Waals surface area contributed by atoms with Gasteiger partial charge in [-0.05, 0) is 43.9 Å². The van der Waals surface area contributed by atoms with E-state index in [-0.39, 0.29) is 5.41 Å². The zero-order valence-electron chi connectivity index (χ0n) is 18.8. The molecule has 0 saturated heterocycles. The highest BCUT2D eigenvalue weighted by Crippen LogP contribution is 2.22. The summed E-state index contributed by atoms with van der Waals surface area (Å²) >= 11 is 0. The molecule has 4 aromatic rings. The van der Waals surface area contributed by atoms with E-state index >= 15 is 0 Å². The smallest absolute Gasteiger partial charge is 0.179 e. The van der Waals surface area contributed by atoms with E-state index in [9.17, 15) is 0 Å². The molecule has 0 fully saturated rings. The van der Waals surface area contributed by atoms with Crippen molar-refractivity contribution >= 4 is 28.8 Å². The van der Waals surface area contributed by atoms with Gasteiger partial charge in [-0.15, -0.1) is 0 Å². The lowest BCUT2D eigenvalue weighted by atomic mass is 9.87. The molecule has 0 aliphatic rings. The van der Waals surface area contributed by atoms with Gasteiger partial charge in [0.1, 0.15) is 5.75 Å². The first-order valence-corrected chi connectivity index (χ1v) is 12.8. The summed E-state index contributed by atoms with van der Waals surface area (Å²) in [6.07, 6.45) is 0. The van der Waals surface area contributed by atoms with Crippen LogP contribution < -0.4 is 25.5 Å². The second-order valence-electron chi connectivity index (χ2n) is 9.04. The Balaban J connectivity index is 2.05. The van der Waals surface area contributed by atoms with E-state index in [0.717, 1.165) is 5.75 Å². The van der Waals surface area contributed by atoms with Gasteiger partial charge in [-0.3, -0.25) is 0 Å². The highest BCUT2D eigenvalue weighted by molar-refractivity contribution is 7.19. The van der Waals surface area contributed by atoms with Crippen LogP contribution in [0.2, 0.25) is 0 Å². The van der Waals surface area contributed by atoms with Crippen LogP contribution >= 0.6 is 0 Å². The van der Waals surface area contributed by atoms with Crippen LogP contribution in [-0.2, 0) is 5.41 Å². The Morgan fingerprint density at radius 3 is 1.29 bits per heavy atom. The van der Waals surface area contributed by atoms with Crippen LogP contribution in [0.3, 0.4) is 0 Å². The molecule has 0 aliphatic heterocycles. The number of ether oxygens (including phenoxy) is 1. The van der Waals surface area contributed by atoms with Crippen molar-refractivity contribution in [1.29, 1.82) is 0 Å². The summed E-state index contributed by atoms with van der Waals surface area (Å²) < 4.78 is 5.47. The second-order valence-corrected chi connectivity index (χ2v) is 12.8. The quantitative estimate of drug-likeness (QED) is 0.343. The van der Waals surface area contributed by atoms with Crippen LogP contribution in [0.25, 0.3) is 0 Å². The largest absolute Gasteiger partial charge is 0.497 e. The van der Waals surface area contributed by atoms with Gasteiger partial charge < -0.3 is 4.74 Å². The fourth-order valence-corrected chi connectivity index (χ4v) is 9.16. The molecular formula is C29H30OSi. The summed E-state index contributed by atoms with van der Waals surface area (Å²) in [6, 6.07) is 40.0. The van der Waals surface area contributed by atoms with Crippen molar-refractivity contribution in [3.05, 3.63) is 115 Å². The standard InChI is InChI=1S/C29H30OSi/c1-29(2,3)23-15-19-27(20-16-23)31(25-11-7-5-8-12-25,26-13-9-6-10-14-26)28-21-17-24(30-4)18-22-28/h5-22H,1-4H3. The minimum Gasteiger partial charge on any atom is -0.497 e. The molecule has 0 bridgehead atoms. The van der Waals surface area contributed by atoms with E-state index in [1.807, 2.05) is 0 Å². The molecule has 0 aromatic heterocycles. The first kappa shape index (κ1) is 21.1. The molecule has 0 amide bonds. The summed E-state index contributed by atoms with van der Waals surface area (Å²) in [5.74, 6) is 0.885. The van der Waals surface area contributed by atoms with Crippen LogP contribution in [0.15, 0.2) is 109 Å². The van der Waals surface area contributed by atoms with Crippen molar-refractivity contribution in [3.63, 3.8) is 0 Å². The fraction of sp³-hybridized carbons (Fsp3) is 0.172. The number of hydrogen-bond donors (Lipinski definition) is 0. The molecule has 0 heterocycles. The van der Waals surface area contributed by atoms with Crippen LogP contribution in [0, 0.1) is 0 Å². The molecule has 4 rings (SSSR count). The maximum atomic E-state index is 5.47. The van der Waals surface area contributed by atoms with Gasteiger partial charge >= 0.3 is 0 Å². The number of methoxy groups -OCH3 is 1. The molecule has 0 saturated carbocycles. The monoisotopic (exact) mass is 422 g/mol. The number of hydrogen-bond acceptors (Lipinski definition) is 1. The van der Waals surface area contributed by atoms with E-state index in [1.165, 1.54) is 26.3 Å². The highest BCUT2D eigenvalue weighted by Gasteiger charge is 2.41. The minimum absolute atomic E-state index is 0.127. The van der Waals surface area contributed by atoms with E-state index in [2.05, 4.69) is 130 Å². The molecule has 0 aliphatic carbocycles. The number of benzene rings is 4. The first-order valence-electron chi connectivity index (χ1n) is 10.8.